The van der Waals surface area contributed by atoms with E-state index in [-0.39, 0.29) is 35.6 Å². The molecular formula is C44H38N2O6. The molecular weight excluding hydrogens is 652 g/mol. The van der Waals surface area contributed by atoms with E-state index < -0.39 is 35.0 Å². The number of fused-ring (bicyclic) bond motifs is 4. The minimum Gasteiger partial charge on any atom is -0.508 e. The highest BCUT2D eigenvalue weighted by molar-refractivity contribution is 6.32. The average molecular weight is 691 g/mol. The molecule has 5 aliphatic rings. The van der Waals surface area contributed by atoms with Crippen LogP contribution in [0.4, 0.5) is 11.4 Å². The summed E-state index contributed by atoms with van der Waals surface area (Å²) >= 11 is 0. The molecule has 4 aromatic rings. The first-order valence-corrected chi connectivity index (χ1v) is 18.1. The number of benzene rings is 4. The molecule has 4 aromatic carbocycles. The summed E-state index contributed by atoms with van der Waals surface area (Å²) in [6.07, 6.45) is 4.12. The van der Waals surface area contributed by atoms with Gasteiger partial charge in [-0.2, -0.15) is 0 Å². The summed E-state index contributed by atoms with van der Waals surface area (Å²) in [5.74, 6) is -4.09. The Morgan fingerprint density at radius 2 is 1.42 bits per heavy atom. The lowest BCUT2D eigenvalue weighted by molar-refractivity contribution is -0.135. The van der Waals surface area contributed by atoms with Crippen LogP contribution in [0.2, 0.25) is 0 Å². The fourth-order valence-corrected chi connectivity index (χ4v) is 9.84. The number of morpholine rings is 1. The Balaban J connectivity index is 1.18. The van der Waals surface area contributed by atoms with Crippen molar-refractivity contribution in [2.45, 2.75) is 24.2 Å². The summed E-state index contributed by atoms with van der Waals surface area (Å²) in [5.41, 5.74) is 3.50. The van der Waals surface area contributed by atoms with E-state index in [1.54, 1.807) is 18.2 Å². The Bertz CT molecular complexity index is 2150. The van der Waals surface area contributed by atoms with E-state index >= 15 is 9.59 Å². The summed E-state index contributed by atoms with van der Waals surface area (Å²) in [6, 6.07) is 33.2. The number of carbonyl (C=O) groups excluding carboxylic acids is 4. The molecule has 2 aliphatic heterocycles. The molecule has 2 heterocycles. The number of rotatable bonds is 5. The number of allylic oxidation sites excluding steroid dienone is 4. The van der Waals surface area contributed by atoms with Crippen molar-refractivity contribution in [2.75, 3.05) is 36.1 Å². The lowest BCUT2D eigenvalue weighted by Gasteiger charge is -2.55. The van der Waals surface area contributed by atoms with Gasteiger partial charge in [-0.15, -0.1) is 0 Å². The largest absolute Gasteiger partial charge is 0.508 e. The second kappa shape index (κ2) is 12.6. The van der Waals surface area contributed by atoms with Crippen molar-refractivity contribution in [3.63, 3.8) is 0 Å². The van der Waals surface area contributed by atoms with Crippen LogP contribution in [0, 0.1) is 23.7 Å². The van der Waals surface area contributed by atoms with Gasteiger partial charge >= 0.3 is 0 Å². The molecule has 0 unspecified atom stereocenters. The number of Topliss-reactive ketones (excluding diaryl/α,β-unsaturated/α-hetero) is 1. The second-order valence-corrected chi connectivity index (χ2v) is 14.5. The summed E-state index contributed by atoms with van der Waals surface area (Å²) in [7, 11) is 0. The van der Waals surface area contributed by atoms with Gasteiger partial charge in [0, 0.05) is 36.2 Å². The van der Waals surface area contributed by atoms with Gasteiger partial charge in [0.25, 0.3) is 0 Å². The van der Waals surface area contributed by atoms with Crippen molar-refractivity contribution in [1.82, 2.24) is 0 Å². The van der Waals surface area contributed by atoms with Crippen LogP contribution in [0.15, 0.2) is 127 Å². The quantitative estimate of drug-likeness (QED) is 0.195. The molecule has 8 heteroatoms. The van der Waals surface area contributed by atoms with Crippen LogP contribution >= 0.6 is 0 Å². The van der Waals surface area contributed by atoms with E-state index in [0.717, 1.165) is 24.4 Å². The molecule has 9 rings (SSSR count). The Hall–Kier alpha value is -5.60. The number of carbonyl (C=O) groups is 4. The lowest BCUT2D eigenvalue weighted by Crippen LogP contribution is -2.58. The van der Waals surface area contributed by atoms with Gasteiger partial charge in [-0.05, 0) is 77.9 Å². The van der Waals surface area contributed by atoms with Gasteiger partial charge in [0.15, 0.2) is 11.6 Å². The average Bonchev–Trinajstić information content (AvgIpc) is 3.45. The monoisotopic (exact) mass is 690 g/mol. The molecule has 0 bridgehead atoms. The molecule has 260 valence electrons. The highest BCUT2D eigenvalue weighted by atomic mass is 16.5. The van der Waals surface area contributed by atoms with Crippen LogP contribution in [0.5, 0.6) is 5.75 Å². The molecule has 6 atom stereocenters. The Labute approximate surface area is 302 Å². The third kappa shape index (κ3) is 4.84. The van der Waals surface area contributed by atoms with Crippen molar-refractivity contribution >= 4 is 40.3 Å². The van der Waals surface area contributed by atoms with Gasteiger partial charge in [-0.3, -0.25) is 24.1 Å². The number of ether oxygens (including phenoxy) is 1. The van der Waals surface area contributed by atoms with Gasteiger partial charge in [0.1, 0.15) is 5.75 Å². The fourth-order valence-electron chi connectivity index (χ4n) is 9.84. The number of anilines is 2. The molecule has 0 spiro atoms. The molecule has 0 aromatic heterocycles. The summed E-state index contributed by atoms with van der Waals surface area (Å²) in [6.45, 7) is 2.85. The van der Waals surface area contributed by atoms with Crippen molar-refractivity contribution in [3.8, 4) is 5.75 Å². The van der Waals surface area contributed by atoms with Crippen LogP contribution in [0.3, 0.4) is 0 Å². The molecule has 3 fully saturated rings. The lowest BCUT2D eigenvalue weighted by atomic mass is 9.44. The SMILES string of the molecule is O=C1C(c2ccccc2)=CC(=O)[C@@]2(c3ccccc3)[C@@H](c3cccc(O)c3)C3=CC[C@@H]4C(=O)N(c5ccc(N6CCOCC6)cc5)C(=O)[C@@H]4[C@@H]3C[C@@H]12. The first-order chi connectivity index (χ1) is 25.4. The number of aromatic hydroxyl groups is 1. The van der Waals surface area contributed by atoms with E-state index in [4.69, 9.17) is 4.74 Å². The molecule has 1 saturated carbocycles. The molecule has 52 heavy (non-hydrogen) atoms. The number of imide groups is 1. The minimum atomic E-state index is -1.33. The number of amides is 2. The third-order valence-electron chi connectivity index (χ3n) is 12.1. The van der Waals surface area contributed by atoms with Gasteiger partial charge in [0.2, 0.25) is 11.8 Å². The highest BCUT2D eigenvalue weighted by Gasteiger charge is 2.66. The zero-order valence-corrected chi connectivity index (χ0v) is 28.6. The Kier molecular flexibility index (Phi) is 7.81. The van der Waals surface area contributed by atoms with Crippen LogP contribution in [-0.4, -0.2) is 54.8 Å². The van der Waals surface area contributed by atoms with Crippen LogP contribution in [0.1, 0.15) is 35.4 Å². The van der Waals surface area contributed by atoms with E-state index in [1.807, 2.05) is 97.1 Å². The zero-order chi connectivity index (χ0) is 35.6. The Morgan fingerprint density at radius 1 is 0.731 bits per heavy atom. The van der Waals surface area contributed by atoms with Gasteiger partial charge in [0.05, 0.1) is 36.2 Å². The maximum Gasteiger partial charge on any atom is 0.238 e. The minimum absolute atomic E-state index is 0.0441. The molecule has 2 amide bonds. The second-order valence-electron chi connectivity index (χ2n) is 14.5. The van der Waals surface area contributed by atoms with E-state index in [9.17, 15) is 14.7 Å². The van der Waals surface area contributed by atoms with Gasteiger partial charge in [-0.25, -0.2) is 0 Å². The number of nitrogens with zero attached hydrogens (tertiary/aromatic N) is 2. The first kappa shape index (κ1) is 32.3. The number of phenolic OH excluding ortho intramolecular Hbond substituents is 1. The van der Waals surface area contributed by atoms with Crippen LogP contribution in [-0.2, 0) is 29.3 Å². The van der Waals surface area contributed by atoms with Crippen molar-refractivity contribution < 1.29 is 29.0 Å². The number of ketones is 2. The Morgan fingerprint density at radius 3 is 2.13 bits per heavy atom. The number of phenols is 1. The number of hydrogen-bond donors (Lipinski definition) is 1. The normalized spacial score (nSPS) is 28.5. The van der Waals surface area contributed by atoms with Crippen molar-refractivity contribution in [3.05, 3.63) is 144 Å². The summed E-state index contributed by atoms with van der Waals surface area (Å²) < 4.78 is 5.50. The molecule has 0 radical (unpaired) electrons. The molecule has 1 N–H and O–H groups in total. The summed E-state index contributed by atoms with van der Waals surface area (Å²) in [4.78, 5) is 62.6. The standard InChI is InChI=1S/C44H38N2O6/c47-32-13-7-10-28(24-32)40-33-18-19-34-39(43(51)46(42(34)50)31-16-14-30(15-17-31)45-20-22-52-23-21-45)36(33)25-37-41(49)35(27-8-3-1-4-9-27)26-38(48)44(37,40)29-11-5-2-6-12-29/h1-18,24,26,34,36-37,39-40,47H,19-23,25H2/t34-,36+,37-,39-,40-,44-/m0/s1. The fraction of sp³-hybridized carbons (Fsp3) is 0.273. The van der Waals surface area contributed by atoms with Crippen molar-refractivity contribution in [1.29, 1.82) is 0 Å². The van der Waals surface area contributed by atoms with Gasteiger partial charge in [-0.1, -0.05) is 84.4 Å². The smallest absolute Gasteiger partial charge is 0.238 e. The maximum atomic E-state index is 15.1. The van der Waals surface area contributed by atoms with Crippen molar-refractivity contribution in [2.24, 2.45) is 23.7 Å². The van der Waals surface area contributed by atoms with E-state index in [0.29, 0.717) is 47.6 Å². The van der Waals surface area contributed by atoms with Crippen LogP contribution in [0.25, 0.3) is 5.57 Å². The van der Waals surface area contributed by atoms with Crippen LogP contribution < -0.4 is 9.80 Å². The predicted octanol–water partition coefficient (Wildman–Crippen LogP) is 6.26. The first-order valence-electron chi connectivity index (χ1n) is 18.1. The maximum absolute atomic E-state index is 15.1. The van der Waals surface area contributed by atoms with E-state index in [1.165, 1.54) is 11.0 Å². The summed E-state index contributed by atoms with van der Waals surface area (Å²) in [5, 5.41) is 10.8. The molecule has 2 saturated heterocycles. The zero-order valence-electron chi connectivity index (χ0n) is 28.6. The molecule has 3 aliphatic carbocycles. The predicted molar refractivity (Wildman–Crippen MR) is 197 cm³/mol. The molecule has 8 nitrogen and oxygen atoms in total. The number of hydrogen-bond acceptors (Lipinski definition) is 7. The third-order valence-corrected chi connectivity index (χ3v) is 12.1. The topological polar surface area (TPSA) is 104 Å². The van der Waals surface area contributed by atoms with Gasteiger partial charge < -0.3 is 14.7 Å². The van der Waals surface area contributed by atoms with E-state index in [2.05, 4.69) is 4.90 Å². The highest BCUT2D eigenvalue weighted by Crippen LogP contribution is 2.63.